The second-order valence-electron chi connectivity index (χ2n) is 4.68. The van der Waals surface area contributed by atoms with Gasteiger partial charge in [-0.25, -0.2) is 0 Å². The normalized spacial score (nSPS) is 10.8. The molecule has 0 spiro atoms. The zero-order valence-electron chi connectivity index (χ0n) is 11.6. The lowest BCUT2D eigenvalue weighted by atomic mass is 10.1. The minimum Gasteiger partial charge on any atom is -0.380 e. The molecule has 0 aromatic rings. The Labute approximate surface area is 105 Å². The summed E-state index contributed by atoms with van der Waals surface area (Å²) in [5.41, 5.74) is 0. The van der Waals surface area contributed by atoms with Gasteiger partial charge in [0.1, 0.15) is 0 Å². The second kappa shape index (κ2) is 11.9. The monoisotopic (exact) mass is 244 g/mol. The van der Waals surface area contributed by atoms with Crippen molar-refractivity contribution in [1.82, 2.24) is 10.6 Å². The molecule has 0 heterocycles. The number of amides is 1. The first kappa shape index (κ1) is 16.4. The van der Waals surface area contributed by atoms with Gasteiger partial charge >= 0.3 is 0 Å². The Morgan fingerprint density at radius 2 is 2.00 bits per heavy atom. The van der Waals surface area contributed by atoms with E-state index >= 15 is 0 Å². The van der Waals surface area contributed by atoms with Gasteiger partial charge in [-0.05, 0) is 18.8 Å². The van der Waals surface area contributed by atoms with Crippen molar-refractivity contribution in [3.8, 4) is 0 Å². The molecule has 1 amide bonds. The van der Waals surface area contributed by atoms with Crippen LogP contribution in [0.15, 0.2) is 0 Å². The maximum Gasteiger partial charge on any atom is 0.233 e. The van der Waals surface area contributed by atoms with E-state index in [9.17, 15) is 4.79 Å². The van der Waals surface area contributed by atoms with Crippen molar-refractivity contribution < 1.29 is 9.53 Å². The predicted molar refractivity (Wildman–Crippen MR) is 71.1 cm³/mol. The molecule has 0 rings (SSSR count). The van der Waals surface area contributed by atoms with Gasteiger partial charge in [0.05, 0.1) is 13.2 Å². The lowest BCUT2D eigenvalue weighted by Crippen LogP contribution is -2.36. The third kappa shape index (κ3) is 13.3. The zero-order valence-corrected chi connectivity index (χ0v) is 11.6. The van der Waals surface area contributed by atoms with Gasteiger partial charge in [-0.1, -0.05) is 27.2 Å². The van der Waals surface area contributed by atoms with Crippen LogP contribution in [0.4, 0.5) is 0 Å². The molecule has 0 saturated carbocycles. The molecule has 0 radical (unpaired) electrons. The van der Waals surface area contributed by atoms with E-state index < -0.39 is 0 Å². The molecule has 4 nitrogen and oxygen atoms in total. The lowest BCUT2D eigenvalue weighted by molar-refractivity contribution is -0.120. The highest BCUT2D eigenvalue weighted by Crippen LogP contribution is 1.95. The molecule has 0 bridgehead atoms. The highest BCUT2D eigenvalue weighted by atomic mass is 16.5. The first-order chi connectivity index (χ1) is 8.16. The summed E-state index contributed by atoms with van der Waals surface area (Å²) in [6.45, 7) is 9.83. The average molecular weight is 244 g/mol. The molecule has 0 atom stereocenters. The predicted octanol–water partition coefficient (Wildman–Crippen LogP) is 1.55. The third-order valence-electron chi connectivity index (χ3n) is 2.39. The van der Waals surface area contributed by atoms with Crippen molar-refractivity contribution in [1.29, 1.82) is 0 Å². The summed E-state index contributed by atoms with van der Waals surface area (Å²) in [6.07, 6.45) is 3.30. The maximum absolute atomic E-state index is 11.3. The molecule has 0 aliphatic rings. The number of unbranched alkanes of at least 4 members (excludes halogenated alkanes) is 1. The Kier molecular flexibility index (Phi) is 11.4. The molecule has 0 fully saturated rings. The van der Waals surface area contributed by atoms with Gasteiger partial charge in [0, 0.05) is 19.7 Å². The summed E-state index contributed by atoms with van der Waals surface area (Å²) < 4.78 is 5.37. The smallest absolute Gasteiger partial charge is 0.233 e. The van der Waals surface area contributed by atoms with Crippen LogP contribution in [0.1, 0.15) is 40.0 Å². The maximum atomic E-state index is 11.3. The third-order valence-corrected chi connectivity index (χ3v) is 2.39. The van der Waals surface area contributed by atoms with Crippen LogP contribution in [-0.2, 0) is 9.53 Å². The fraction of sp³-hybridized carbons (Fsp3) is 0.923. The summed E-state index contributed by atoms with van der Waals surface area (Å²) in [7, 11) is 0. The van der Waals surface area contributed by atoms with Crippen LogP contribution < -0.4 is 10.6 Å². The molecule has 0 aliphatic carbocycles. The van der Waals surface area contributed by atoms with Crippen molar-refractivity contribution in [3.63, 3.8) is 0 Å². The topological polar surface area (TPSA) is 50.4 Å². The molecular weight excluding hydrogens is 216 g/mol. The summed E-state index contributed by atoms with van der Waals surface area (Å²) >= 11 is 0. The van der Waals surface area contributed by atoms with Crippen LogP contribution >= 0.6 is 0 Å². The Morgan fingerprint density at radius 1 is 1.24 bits per heavy atom. The summed E-state index contributed by atoms with van der Waals surface area (Å²) in [5.74, 6) is 0.703. The van der Waals surface area contributed by atoms with Gasteiger partial charge in [-0.2, -0.15) is 0 Å². The number of hydrogen-bond donors (Lipinski definition) is 2. The zero-order chi connectivity index (χ0) is 12.9. The van der Waals surface area contributed by atoms with Crippen LogP contribution in [0.5, 0.6) is 0 Å². The Balaban J connectivity index is 3.16. The summed E-state index contributed by atoms with van der Waals surface area (Å²) in [4.78, 5) is 11.3. The Hall–Kier alpha value is -0.610. The molecule has 0 aliphatic heterocycles. The van der Waals surface area contributed by atoms with Gasteiger partial charge in [-0.15, -0.1) is 0 Å². The van der Waals surface area contributed by atoms with E-state index in [0.717, 1.165) is 39.0 Å². The number of ether oxygens (including phenoxy) is 1. The summed E-state index contributed by atoms with van der Waals surface area (Å²) in [6, 6.07) is 0. The van der Waals surface area contributed by atoms with E-state index in [-0.39, 0.29) is 5.91 Å². The number of carbonyl (C=O) groups excluding carboxylic acids is 1. The van der Waals surface area contributed by atoms with Crippen LogP contribution in [0, 0.1) is 5.92 Å². The fourth-order valence-electron chi connectivity index (χ4n) is 1.26. The number of rotatable bonds is 11. The van der Waals surface area contributed by atoms with Gasteiger partial charge in [0.15, 0.2) is 0 Å². The Bertz CT molecular complexity index is 184. The van der Waals surface area contributed by atoms with E-state index in [2.05, 4.69) is 31.4 Å². The molecular formula is C13H28N2O2. The van der Waals surface area contributed by atoms with E-state index in [0.29, 0.717) is 19.1 Å². The van der Waals surface area contributed by atoms with Crippen LogP contribution in [0.2, 0.25) is 0 Å². The van der Waals surface area contributed by atoms with Crippen LogP contribution in [-0.4, -0.2) is 38.8 Å². The summed E-state index contributed by atoms with van der Waals surface area (Å²) in [5, 5.41) is 5.95. The largest absolute Gasteiger partial charge is 0.380 e. The number of carbonyl (C=O) groups is 1. The van der Waals surface area contributed by atoms with E-state index in [1.165, 1.54) is 0 Å². The minimum absolute atomic E-state index is 0.0687. The van der Waals surface area contributed by atoms with Gasteiger partial charge < -0.3 is 15.4 Å². The molecule has 0 unspecified atom stereocenters. The van der Waals surface area contributed by atoms with Gasteiger partial charge in [0.2, 0.25) is 5.91 Å². The molecule has 0 aromatic heterocycles. The molecule has 4 heteroatoms. The van der Waals surface area contributed by atoms with Crippen molar-refractivity contribution in [2.45, 2.75) is 40.0 Å². The molecule has 2 N–H and O–H groups in total. The molecule has 102 valence electrons. The SMILES string of the molecule is CCCCOCCNCC(=O)NCCC(C)C. The second-order valence-corrected chi connectivity index (χ2v) is 4.68. The van der Waals surface area contributed by atoms with Crippen molar-refractivity contribution in [2.75, 3.05) is 32.8 Å². The highest BCUT2D eigenvalue weighted by Gasteiger charge is 2.00. The van der Waals surface area contributed by atoms with Crippen molar-refractivity contribution >= 4 is 5.91 Å². The number of nitrogens with one attached hydrogen (secondary N) is 2. The van der Waals surface area contributed by atoms with E-state index in [4.69, 9.17) is 4.74 Å². The van der Waals surface area contributed by atoms with Gasteiger partial charge in [-0.3, -0.25) is 4.79 Å². The van der Waals surface area contributed by atoms with Gasteiger partial charge in [0.25, 0.3) is 0 Å². The van der Waals surface area contributed by atoms with Crippen molar-refractivity contribution in [3.05, 3.63) is 0 Å². The standard InChI is InChI=1S/C13H28N2O2/c1-4-5-9-17-10-8-14-11-13(16)15-7-6-12(2)3/h12,14H,4-11H2,1-3H3,(H,15,16). The quantitative estimate of drug-likeness (QED) is 0.542. The van der Waals surface area contributed by atoms with E-state index in [1.54, 1.807) is 0 Å². The first-order valence-corrected chi connectivity index (χ1v) is 6.72. The van der Waals surface area contributed by atoms with Crippen LogP contribution in [0.3, 0.4) is 0 Å². The lowest BCUT2D eigenvalue weighted by Gasteiger charge is -2.08. The molecule has 17 heavy (non-hydrogen) atoms. The van der Waals surface area contributed by atoms with Crippen LogP contribution in [0.25, 0.3) is 0 Å². The fourth-order valence-corrected chi connectivity index (χ4v) is 1.26. The minimum atomic E-state index is 0.0687. The highest BCUT2D eigenvalue weighted by molar-refractivity contribution is 5.77. The van der Waals surface area contributed by atoms with E-state index in [1.807, 2.05) is 0 Å². The molecule has 0 aromatic carbocycles. The average Bonchev–Trinajstić information content (AvgIpc) is 2.27. The molecule has 0 saturated heterocycles. The first-order valence-electron chi connectivity index (χ1n) is 6.72. The van der Waals surface area contributed by atoms with Crippen molar-refractivity contribution in [2.24, 2.45) is 5.92 Å². The Morgan fingerprint density at radius 3 is 2.65 bits per heavy atom. The number of hydrogen-bond acceptors (Lipinski definition) is 3.